The van der Waals surface area contributed by atoms with Crippen molar-refractivity contribution in [2.75, 3.05) is 0 Å². The summed E-state index contributed by atoms with van der Waals surface area (Å²) in [4.78, 5) is 0.282. The molecule has 0 amide bonds. The molecule has 2 rings (SSSR count). The third-order valence-electron chi connectivity index (χ3n) is 2.53. The van der Waals surface area contributed by atoms with Gasteiger partial charge in [0.15, 0.2) is 0 Å². The lowest BCUT2D eigenvalue weighted by atomic mass is 10.1. The smallest absolute Gasteiger partial charge is 0.240 e. The number of hydrogen-bond donors (Lipinski definition) is 1. The van der Waals surface area contributed by atoms with Crippen molar-refractivity contribution in [2.24, 2.45) is 0 Å². The van der Waals surface area contributed by atoms with Gasteiger partial charge in [-0.1, -0.05) is 18.2 Å². The topological polar surface area (TPSA) is 59.3 Å². The maximum absolute atomic E-state index is 12.0. The fourth-order valence-electron chi connectivity index (χ4n) is 1.74. The van der Waals surface area contributed by atoms with Crippen molar-refractivity contribution in [2.45, 2.75) is 24.3 Å². The van der Waals surface area contributed by atoms with Gasteiger partial charge in [-0.25, -0.2) is 13.1 Å². The second-order valence-corrected chi connectivity index (χ2v) is 5.89. The molecule has 1 aromatic heterocycles. The van der Waals surface area contributed by atoms with Crippen LogP contribution >= 0.6 is 0 Å². The second kappa shape index (κ2) is 5.37. The Kier molecular flexibility index (Phi) is 3.84. The lowest BCUT2D eigenvalue weighted by Crippen LogP contribution is -2.33. The van der Waals surface area contributed by atoms with Gasteiger partial charge in [0, 0.05) is 6.04 Å². The predicted octanol–water partition coefficient (Wildman–Crippen LogP) is 2.19. The van der Waals surface area contributed by atoms with Gasteiger partial charge >= 0.3 is 0 Å². The molecule has 1 heterocycles. The summed E-state index contributed by atoms with van der Waals surface area (Å²) >= 11 is 0. The molecule has 0 saturated heterocycles. The molecule has 0 aliphatic heterocycles. The number of hydrogen-bond acceptors (Lipinski definition) is 3. The molecule has 1 aromatic carbocycles. The summed E-state index contributed by atoms with van der Waals surface area (Å²) in [5.74, 6) is 0. The summed E-state index contributed by atoms with van der Waals surface area (Å²) < 4.78 is 31.7. The molecule has 0 saturated carbocycles. The first-order chi connectivity index (χ1) is 8.58. The molecule has 1 atom stereocenters. The summed E-state index contributed by atoms with van der Waals surface area (Å²) in [7, 11) is -3.44. The van der Waals surface area contributed by atoms with Gasteiger partial charge in [-0.2, -0.15) is 0 Å². The van der Waals surface area contributed by atoms with Crippen LogP contribution < -0.4 is 4.72 Å². The highest BCUT2D eigenvalue weighted by molar-refractivity contribution is 7.89. The maximum atomic E-state index is 12.0. The Bertz CT molecular complexity index is 576. The molecule has 96 valence electrons. The zero-order valence-corrected chi connectivity index (χ0v) is 10.9. The minimum absolute atomic E-state index is 0.187. The number of nitrogens with one attached hydrogen (secondary N) is 1. The van der Waals surface area contributed by atoms with Gasteiger partial charge in [-0.05, 0) is 37.1 Å². The minimum atomic E-state index is -3.44. The third kappa shape index (κ3) is 3.21. The Balaban J connectivity index is 2.05. The van der Waals surface area contributed by atoms with Crippen LogP contribution in [0.15, 0.2) is 58.2 Å². The zero-order valence-electron chi connectivity index (χ0n) is 10.0. The molecule has 1 unspecified atom stereocenters. The molecular formula is C13H15NO3S. The summed E-state index contributed by atoms with van der Waals surface area (Å²) in [5, 5.41) is 0. The molecule has 5 heteroatoms. The van der Waals surface area contributed by atoms with E-state index in [-0.39, 0.29) is 10.9 Å². The first kappa shape index (κ1) is 12.9. The van der Waals surface area contributed by atoms with Crippen molar-refractivity contribution in [1.82, 2.24) is 4.72 Å². The maximum Gasteiger partial charge on any atom is 0.240 e. The van der Waals surface area contributed by atoms with Crippen molar-refractivity contribution >= 4 is 10.0 Å². The zero-order chi connectivity index (χ0) is 13.0. The molecular weight excluding hydrogens is 250 g/mol. The first-order valence-electron chi connectivity index (χ1n) is 5.66. The van der Waals surface area contributed by atoms with Crippen LogP contribution in [0.4, 0.5) is 0 Å². The van der Waals surface area contributed by atoms with E-state index < -0.39 is 10.0 Å². The van der Waals surface area contributed by atoms with Gasteiger partial charge < -0.3 is 4.42 Å². The van der Waals surface area contributed by atoms with Gasteiger partial charge in [-0.3, -0.25) is 0 Å². The van der Waals surface area contributed by atoms with E-state index in [2.05, 4.69) is 4.72 Å². The number of sulfonamides is 1. The van der Waals surface area contributed by atoms with Crippen molar-refractivity contribution in [1.29, 1.82) is 0 Å². The van der Waals surface area contributed by atoms with Crippen LogP contribution in [0.25, 0.3) is 0 Å². The molecule has 18 heavy (non-hydrogen) atoms. The second-order valence-electron chi connectivity index (χ2n) is 4.17. The Morgan fingerprint density at radius 1 is 1.22 bits per heavy atom. The van der Waals surface area contributed by atoms with E-state index in [1.807, 2.05) is 13.0 Å². The third-order valence-corrected chi connectivity index (χ3v) is 4.14. The van der Waals surface area contributed by atoms with Crippen LogP contribution in [-0.4, -0.2) is 14.5 Å². The van der Waals surface area contributed by atoms with Gasteiger partial charge in [-0.15, -0.1) is 0 Å². The van der Waals surface area contributed by atoms with E-state index in [0.717, 1.165) is 5.56 Å². The average molecular weight is 265 g/mol. The Labute approximate surface area is 107 Å². The van der Waals surface area contributed by atoms with Crippen LogP contribution in [0.1, 0.15) is 12.5 Å². The monoisotopic (exact) mass is 265 g/mol. The standard InChI is InChI=1S/C13H15NO3S/c1-11(9-12-7-8-17-10-12)14-18(15,16)13-5-3-2-4-6-13/h2-8,10-11,14H,9H2,1H3. The number of furan rings is 1. The lowest BCUT2D eigenvalue weighted by Gasteiger charge is -2.13. The molecule has 0 radical (unpaired) electrons. The molecule has 0 fully saturated rings. The van der Waals surface area contributed by atoms with Crippen molar-refractivity contribution in [3.05, 3.63) is 54.5 Å². The van der Waals surface area contributed by atoms with Crippen molar-refractivity contribution in [3.63, 3.8) is 0 Å². The molecule has 4 nitrogen and oxygen atoms in total. The van der Waals surface area contributed by atoms with Crippen LogP contribution in [0.2, 0.25) is 0 Å². The number of benzene rings is 1. The summed E-state index contributed by atoms with van der Waals surface area (Å²) in [6, 6.07) is 9.99. The summed E-state index contributed by atoms with van der Waals surface area (Å²) in [6.45, 7) is 1.83. The van der Waals surface area contributed by atoms with Gasteiger partial charge in [0.1, 0.15) is 0 Å². The van der Waals surface area contributed by atoms with E-state index in [0.29, 0.717) is 6.42 Å². The molecule has 0 aliphatic carbocycles. The van der Waals surface area contributed by atoms with E-state index in [1.165, 1.54) is 0 Å². The molecule has 0 aliphatic rings. The Morgan fingerprint density at radius 2 is 1.94 bits per heavy atom. The highest BCUT2D eigenvalue weighted by Gasteiger charge is 2.17. The van der Waals surface area contributed by atoms with Crippen LogP contribution in [0.3, 0.4) is 0 Å². The highest BCUT2D eigenvalue weighted by Crippen LogP contribution is 2.10. The van der Waals surface area contributed by atoms with Gasteiger partial charge in [0.25, 0.3) is 0 Å². The van der Waals surface area contributed by atoms with Crippen molar-refractivity contribution in [3.8, 4) is 0 Å². The largest absolute Gasteiger partial charge is 0.472 e. The fourth-order valence-corrected chi connectivity index (χ4v) is 3.00. The lowest BCUT2D eigenvalue weighted by molar-refractivity contribution is 0.549. The quantitative estimate of drug-likeness (QED) is 0.901. The molecule has 1 N–H and O–H groups in total. The van der Waals surface area contributed by atoms with E-state index in [9.17, 15) is 8.42 Å². The van der Waals surface area contributed by atoms with Crippen LogP contribution in [0, 0.1) is 0 Å². The van der Waals surface area contributed by atoms with E-state index >= 15 is 0 Å². The van der Waals surface area contributed by atoms with Crippen LogP contribution in [-0.2, 0) is 16.4 Å². The first-order valence-corrected chi connectivity index (χ1v) is 7.15. The van der Waals surface area contributed by atoms with E-state index in [1.54, 1.807) is 42.9 Å². The Morgan fingerprint density at radius 3 is 2.56 bits per heavy atom. The molecule has 0 bridgehead atoms. The van der Waals surface area contributed by atoms with Crippen LogP contribution in [0.5, 0.6) is 0 Å². The summed E-state index contributed by atoms with van der Waals surface area (Å²) in [5.41, 5.74) is 0.971. The molecule has 0 spiro atoms. The van der Waals surface area contributed by atoms with Crippen molar-refractivity contribution < 1.29 is 12.8 Å². The fraction of sp³-hybridized carbons (Fsp3) is 0.231. The summed E-state index contributed by atoms with van der Waals surface area (Å²) in [6.07, 6.45) is 3.80. The van der Waals surface area contributed by atoms with Gasteiger partial charge in [0.2, 0.25) is 10.0 Å². The Hall–Kier alpha value is -1.59. The SMILES string of the molecule is CC(Cc1ccoc1)NS(=O)(=O)c1ccccc1. The predicted molar refractivity (Wildman–Crippen MR) is 68.6 cm³/mol. The highest BCUT2D eigenvalue weighted by atomic mass is 32.2. The molecule has 2 aromatic rings. The number of rotatable bonds is 5. The van der Waals surface area contributed by atoms with E-state index in [4.69, 9.17) is 4.42 Å². The minimum Gasteiger partial charge on any atom is -0.472 e. The van der Waals surface area contributed by atoms with Gasteiger partial charge in [0.05, 0.1) is 17.4 Å². The normalized spacial score (nSPS) is 13.4. The average Bonchev–Trinajstić information content (AvgIpc) is 2.82.